The van der Waals surface area contributed by atoms with Crippen LogP contribution in [0.5, 0.6) is 0 Å². The highest BCUT2D eigenvalue weighted by Crippen LogP contribution is 2.30. The summed E-state index contributed by atoms with van der Waals surface area (Å²) in [7, 11) is 1.67. The molecule has 0 bridgehead atoms. The van der Waals surface area contributed by atoms with Crippen molar-refractivity contribution in [3.05, 3.63) is 40.2 Å². The summed E-state index contributed by atoms with van der Waals surface area (Å²) in [6, 6.07) is 7.49. The van der Waals surface area contributed by atoms with Gasteiger partial charge in [0.2, 0.25) is 5.91 Å². The third-order valence-corrected chi connectivity index (χ3v) is 6.02. The van der Waals surface area contributed by atoms with Gasteiger partial charge < -0.3 is 24.4 Å². The van der Waals surface area contributed by atoms with Crippen molar-refractivity contribution < 1.29 is 14.3 Å². The summed E-state index contributed by atoms with van der Waals surface area (Å²) < 4.78 is 6.72. The van der Waals surface area contributed by atoms with Gasteiger partial charge in [0.25, 0.3) is 5.56 Å². The number of aryl methyl sites for hydroxylation is 1. The highest BCUT2D eigenvalue weighted by Gasteiger charge is 2.32. The zero-order valence-corrected chi connectivity index (χ0v) is 17.5. The van der Waals surface area contributed by atoms with Crippen LogP contribution in [0.3, 0.4) is 0 Å². The third-order valence-electron chi connectivity index (χ3n) is 6.02. The first kappa shape index (κ1) is 20.4. The van der Waals surface area contributed by atoms with E-state index in [1.54, 1.807) is 14.0 Å². The minimum atomic E-state index is -0.604. The number of carbonyl (C=O) groups is 2. The second-order valence-electron chi connectivity index (χ2n) is 7.79. The quantitative estimate of drug-likeness (QED) is 0.758. The molecule has 2 aromatic rings. The number of hydrogen-bond acceptors (Lipinski definition) is 6. The number of carbonyl (C=O) groups excluding carboxylic acids is 2. The average Bonchev–Trinajstić information content (AvgIpc) is 3.31. The van der Waals surface area contributed by atoms with Crippen LogP contribution in [0.4, 0.5) is 5.69 Å². The first-order valence-corrected chi connectivity index (χ1v) is 10.6. The Kier molecular flexibility index (Phi) is 5.76. The number of ether oxygens (including phenoxy) is 1. The normalized spacial score (nSPS) is 19.3. The summed E-state index contributed by atoms with van der Waals surface area (Å²) in [6.07, 6.45) is 1.91. The number of anilines is 1. The maximum Gasteiger partial charge on any atom is 0.345 e. The van der Waals surface area contributed by atoms with Crippen LogP contribution in [0.2, 0.25) is 0 Å². The Hall–Kier alpha value is -2.87. The van der Waals surface area contributed by atoms with Crippen LogP contribution in [0.25, 0.3) is 10.9 Å². The van der Waals surface area contributed by atoms with Crippen molar-refractivity contribution >= 4 is 28.5 Å². The van der Waals surface area contributed by atoms with Gasteiger partial charge in [-0.2, -0.15) is 0 Å². The maximum atomic E-state index is 13.1. The Morgan fingerprint density at radius 1 is 1.17 bits per heavy atom. The highest BCUT2D eigenvalue weighted by molar-refractivity contribution is 6.05. The average molecular weight is 412 g/mol. The molecule has 1 unspecified atom stereocenters. The summed E-state index contributed by atoms with van der Waals surface area (Å²) in [6.45, 7) is 5.05. The molecule has 3 heterocycles. The lowest BCUT2D eigenvalue weighted by Gasteiger charge is -2.38. The van der Waals surface area contributed by atoms with Gasteiger partial charge in [-0.25, -0.2) is 4.79 Å². The molecule has 2 aliphatic rings. The number of para-hydroxylation sites is 1. The smallest absolute Gasteiger partial charge is 0.345 e. The van der Waals surface area contributed by atoms with E-state index in [4.69, 9.17) is 4.74 Å². The van der Waals surface area contributed by atoms with Crippen LogP contribution in [-0.4, -0.2) is 66.7 Å². The van der Waals surface area contributed by atoms with Gasteiger partial charge in [-0.05, 0) is 32.4 Å². The van der Waals surface area contributed by atoms with Gasteiger partial charge in [-0.15, -0.1) is 0 Å². The van der Waals surface area contributed by atoms with E-state index in [-0.39, 0.29) is 29.7 Å². The Morgan fingerprint density at radius 3 is 2.57 bits per heavy atom. The lowest BCUT2D eigenvalue weighted by molar-refractivity contribution is -0.133. The predicted octanol–water partition coefficient (Wildman–Crippen LogP) is 1.12. The molecular formula is C22H28N4O4. The molecule has 8 nitrogen and oxygen atoms in total. The fourth-order valence-corrected chi connectivity index (χ4v) is 4.46. The summed E-state index contributed by atoms with van der Waals surface area (Å²) in [5.74, 6) is -0.459. The van der Waals surface area contributed by atoms with Crippen LogP contribution < -0.4 is 15.8 Å². The molecular weight excluding hydrogens is 384 g/mol. The van der Waals surface area contributed by atoms with Crippen molar-refractivity contribution in [1.29, 1.82) is 0 Å². The SMILES string of the molecule is CCOC(=O)c1c(N2CCN(C(=O)C3CCCN3)CC2)c2ccccc2n(C)c1=O. The van der Waals surface area contributed by atoms with E-state index in [1.807, 2.05) is 34.1 Å². The fourth-order valence-electron chi connectivity index (χ4n) is 4.46. The molecule has 2 fully saturated rings. The van der Waals surface area contributed by atoms with E-state index in [2.05, 4.69) is 5.32 Å². The van der Waals surface area contributed by atoms with Gasteiger partial charge in [0.05, 0.1) is 23.9 Å². The molecule has 0 aliphatic carbocycles. The fraction of sp³-hybridized carbons (Fsp3) is 0.500. The Labute approximate surface area is 175 Å². The van der Waals surface area contributed by atoms with Crippen molar-refractivity contribution in [3.8, 4) is 0 Å². The lowest BCUT2D eigenvalue weighted by Crippen LogP contribution is -2.53. The number of benzene rings is 1. The van der Waals surface area contributed by atoms with Crippen molar-refractivity contribution in [2.75, 3.05) is 44.2 Å². The van der Waals surface area contributed by atoms with Crippen molar-refractivity contribution in [2.24, 2.45) is 7.05 Å². The third kappa shape index (κ3) is 3.56. The number of rotatable bonds is 4. The summed E-state index contributed by atoms with van der Waals surface area (Å²) in [5, 5.41) is 4.10. The molecule has 30 heavy (non-hydrogen) atoms. The molecule has 0 spiro atoms. The molecule has 2 aliphatic heterocycles. The number of nitrogens with one attached hydrogen (secondary N) is 1. The van der Waals surface area contributed by atoms with E-state index in [1.165, 1.54) is 4.57 Å². The molecule has 1 N–H and O–H groups in total. The number of amides is 1. The number of nitrogens with zero attached hydrogens (tertiary/aromatic N) is 3. The van der Waals surface area contributed by atoms with Gasteiger partial charge in [-0.3, -0.25) is 9.59 Å². The standard InChI is InChI=1S/C22H28N4O4/c1-3-30-22(29)18-19(15-7-4-5-9-17(15)24(2)21(18)28)25-11-13-26(14-12-25)20(27)16-8-6-10-23-16/h4-5,7,9,16,23H,3,6,8,10-14H2,1-2H3. The molecule has 1 aromatic heterocycles. The Morgan fingerprint density at radius 2 is 1.90 bits per heavy atom. The monoisotopic (exact) mass is 412 g/mol. The van der Waals surface area contributed by atoms with Crippen LogP contribution in [0, 0.1) is 0 Å². The molecule has 4 rings (SSSR count). The van der Waals surface area contributed by atoms with Crippen LogP contribution in [0.15, 0.2) is 29.1 Å². The lowest BCUT2D eigenvalue weighted by atomic mass is 10.1. The number of hydrogen-bond donors (Lipinski definition) is 1. The number of pyridine rings is 1. The van der Waals surface area contributed by atoms with E-state index in [0.29, 0.717) is 31.9 Å². The molecule has 1 aromatic carbocycles. The van der Waals surface area contributed by atoms with E-state index < -0.39 is 5.97 Å². The van der Waals surface area contributed by atoms with Crippen molar-refractivity contribution in [1.82, 2.24) is 14.8 Å². The molecule has 2 saturated heterocycles. The van der Waals surface area contributed by atoms with Crippen LogP contribution >= 0.6 is 0 Å². The van der Waals surface area contributed by atoms with Gasteiger partial charge in [-0.1, -0.05) is 18.2 Å². The number of fused-ring (bicyclic) bond motifs is 1. The van der Waals surface area contributed by atoms with Gasteiger partial charge in [0, 0.05) is 38.6 Å². The van der Waals surface area contributed by atoms with Crippen molar-refractivity contribution in [3.63, 3.8) is 0 Å². The zero-order valence-electron chi connectivity index (χ0n) is 17.5. The summed E-state index contributed by atoms with van der Waals surface area (Å²) in [4.78, 5) is 42.5. The Balaban J connectivity index is 1.69. The number of aromatic nitrogens is 1. The molecule has 160 valence electrons. The largest absolute Gasteiger partial charge is 0.462 e. The van der Waals surface area contributed by atoms with E-state index >= 15 is 0 Å². The molecule has 1 amide bonds. The second-order valence-corrected chi connectivity index (χ2v) is 7.79. The van der Waals surface area contributed by atoms with E-state index in [9.17, 15) is 14.4 Å². The Bertz CT molecular complexity index is 1020. The van der Waals surface area contributed by atoms with Crippen molar-refractivity contribution in [2.45, 2.75) is 25.8 Å². The van der Waals surface area contributed by atoms with Crippen LogP contribution in [-0.2, 0) is 16.6 Å². The molecule has 0 radical (unpaired) electrons. The molecule has 0 saturated carbocycles. The van der Waals surface area contributed by atoms with Gasteiger partial charge >= 0.3 is 5.97 Å². The summed E-state index contributed by atoms with van der Waals surface area (Å²) in [5.41, 5.74) is 1.07. The van der Waals surface area contributed by atoms with E-state index in [0.717, 1.165) is 30.3 Å². The summed E-state index contributed by atoms with van der Waals surface area (Å²) >= 11 is 0. The number of piperazine rings is 1. The topological polar surface area (TPSA) is 83.9 Å². The first-order chi connectivity index (χ1) is 14.5. The maximum absolute atomic E-state index is 13.1. The minimum Gasteiger partial charge on any atom is -0.462 e. The zero-order chi connectivity index (χ0) is 21.3. The number of esters is 1. The minimum absolute atomic E-state index is 0.0651. The first-order valence-electron chi connectivity index (χ1n) is 10.6. The highest BCUT2D eigenvalue weighted by atomic mass is 16.5. The predicted molar refractivity (Wildman–Crippen MR) is 115 cm³/mol. The molecule has 1 atom stereocenters. The van der Waals surface area contributed by atoms with Gasteiger partial charge in [0.15, 0.2) is 0 Å². The van der Waals surface area contributed by atoms with Gasteiger partial charge in [0.1, 0.15) is 5.56 Å². The second kappa shape index (κ2) is 8.47. The molecule has 8 heteroatoms. The van der Waals surface area contributed by atoms with Crippen LogP contribution in [0.1, 0.15) is 30.1 Å².